The van der Waals surface area contributed by atoms with Gasteiger partial charge in [-0.25, -0.2) is 0 Å². The zero-order valence-electron chi connectivity index (χ0n) is 19.9. The maximum absolute atomic E-state index is 13.8. The molecule has 0 aromatic rings. The Hall–Kier alpha value is -1.89. The Morgan fingerprint density at radius 3 is 2.35 bits per heavy atom. The first kappa shape index (κ1) is 25.4. The molecule has 0 bridgehead atoms. The Morgan fingerprint density at radius 2 is 1.84 bits per heavy atom. The minimum Gasteiger partial charge on any atom is -0.394 e. The number of nitrogens with zero attached hydrogens (tertiary/aromatic N) is 1. The topological polar surface area (TPSA) is 98.7 Å². The molecule has 0 aromatic carbocycles. The first-order valence-electron chi connectivity index (χ1n) is 11.9. The molecule has 0 radical (unpaired) electrons. The number of amides is 3. The molecule has 1 aliphatic carbocycles. The fourth-order valence-corrected chi connectivity index (χ4v) is 5.36. The van der Waals surface area contributed by atoms with Gasteiger partial charge in [0.05, 0.1) is 24.5 Å². The Labute approximate surface area is 187 Å². The lowest BCUT2D eigenvalue weighted by Gasteiger charge is -2.36. The lowest BCUT2D eigenvalue weighted by molar-refractivity contribution is -0.144. The Morgan fingerprint density at radius 1 is 1.16 bits per heavy atom. The van der Waals surface area contributed by atoms with Gasteiger partial charge < -0.3 is 20.6 Å². The van der Waals surface area contributed by atoms with Crippen molar-refractivity contribution in [3.05, 3.63) is 12.2 Å². The predicted octanol–water partition coefficient (Wildman–Crippen LogP) is 2.10. The van der Waals surface area contributed by atoms with Crippen molar-refractivity contribution in [3.8, 4) is 0 Å². The number of hydrogen-bond donors (Lipinski definition) is 3. The fourth-order valence-electron chi connectivity index (χ4n) is 5.36. The van der Waals surface area contributed by atoms with Crippen LogP contribution >= 0.6 is 0 Å². The summed E-state index contributed by atoms with van der Waals surface area (Å²) < 4.78 is 0. The maximum atomic E-state index is 13.8. The van der Waals surface area contributed by atoms with E-state index in [2.05, 4.69) is 17.6 Å². The zero-order chi connectivity index (χ0) is 23.3. The van der Waals surface area contributed by atoms with Crippen molar-refractivity contribution < 1.29 is 19.5 Å². The normalized spacial score (nSPS) is 30.5. The summed E-state index contributed by atoms with van der Waals surface area (Å²) in [5.41, 5.74) is 0. The van der Waals surface area contributed by atoms with Gasteiger partial charge in [0.1, 0.15) is 6.04 Å². The highest BCUT2D eigenvalue weighted by Gasteiger charge is 2.58. The van der Waals surface area contributed by atoms with Crippen LogP contribution in [-0.2, 0) is 14.4 Å². The van der Waals surface area contributed by atoms with Crippen LogP contribution in [0.4, 0.5) is 0 Å². The third kappa shape index (κ3) is 4.97. The number of hydrogen-bond acceptors (Lipinski definition) is 4. The summed E-state index contributed by atoms with van der Waals surface area (Å²) in [4.78, 5) is 41.7. The first-order valence-corrected chi connectivity index (χ1v) is 11.9. The van der Waals surface area contributed by atoms with E-state index in [1.54, 1.807) is 11.9 Å². The summed E-state index contributed by atoms with van der Waals surface area (Å²) in [5.74, 6) is -2.06. The molecule has 31 heavy (non-hydrogen) atoms. The fraction of sp³-hybridized carbons (Fsp3) is 0.792. The van der Waals surface area contributed by atoms with E-state index in [4.69, 9.17) is 0 Å². The molecule has 0 aromatic heterocycles. The number of fused-ring (bicyclic) bond motifs is 1. The van der Waals surface area contributed by atoms with Gasteiger partial charge in [-0.05, 0) is 31.6 Å². The van der Waals surface area contributed by atoms with Crippen molar-refractivity contribution in [1.29, 1.82) is 0 Å². The number of allylic oxidation sites excluding steroid dienone is 1. The Bertz CT molecular complexity index is 680. The first-order chi connectivity index (χ1) is 14.8. The molecule has 0 saturated carbocycles. The highest BCUT2D eigenvalue weighted by Crippen LogP contribution is 2.46. The molecule has 8 atom stereocenters. The quantitative estimate of drug-likeness (QED) is 0.458. The van der Waals surface area contributed by atoms with Crippen LogP contribution in [0.3, 0.4) is 0 Å². The summed E-state index contributed by atoms with van der Waals surface area (Å²) in [6.07, 6.45) is 7.29. The molecule has 7 heteroatoms. The van der Waals surface area contributed by atoms with E-state index in [1.807, 2.05) is 39.8 Å². The van der Waals surface area contributed by atoms with Crippen LogP contribution in [0.15, 0.2) is 12.2 Å². The minimum atomic E-state index is -0.718. The van der Waals surface area contributed by atoms with Gasteiger partial charge in [-0.2, -0.15) is 0 Å². The van der Waals surface area contributed by atoms with E-state index in [0.717, 1.165) is 25.7 Å². The van der Waals surface area contributed by atoms with Gasteiger partial charge in [-0.1, -0.05) is 52.7 Å². The third-order valence-corrected chi connectivity index (χ3v) is 7.29. The molecular formula is C24H41N3O4. The van der Waals surface area contributed by atoms with Gasteiger partial charge in [-0.15, -0.1) is 0 Å². The van der Waals surface area contributed by atoms with Crippen molar-refractivity contribution in [2.75, 3.05) is 13.7 Å². The molecule has 1 unspecified atom stereocenters. The van der Waals surface area contributed by atoms with E-state index in [-0.39, 0.29) is 48.1 Å². The number of likely N-dealkylation sites (tertiary alicyclic amines) is 1. The number of aliphatic hydroxyl groups is 1. The number of aliphatic hydroxyl groups excluding tert-OH is 1. The van der Waals surface area contributed by atoms with E-state index in [0.29, 0.717) is 0 Å². The SMILES string of the molecule is CCCC(C)NC(=O)[C@@H]1[C@H]2C=C[C@@H](CC)[C@@H](C(=O)NC)[C@@H]2C(=O)N1[C@@H](CO)[C@@H](C)CC. The van der Waals surface area contributed by atoms with Gasteiger partial charge in [0.2, 0.25) is 17.7 Å². The molecule has 1 aliphatic heterocycles. The van der Waals surface area contributed by atoms with Crippen molar-refractivity contribution in [2.24, 2.45) is 29.6 Å². The average Bonchev–Trinajstić information content (AvgIpc) is 3.05. The van der Waals surface area contributed by atoms with E-state index in [1.165, 1.54) is 0 Å². The Balaban J connectivity index is 2.53. The standard InChI is InChI=1S/C24H41N3O4/c1-7-10-15(5)26-23(30)21-17-12-11-16(9-3)19(22(29)25-6)20(17)24(31)27(21)18(13-28)14(4)8-2/h11-12,14-21,28H,7-10,13H2,1-6H3,(H,25,29)(H,26,30)/t14-,15?,16+,17-,18-,19+,20+,21-/m0/s1. The molecule has 2 aliphatic rings. The lowest BCUT2D eigenvalue weighted by Crippen LogP contribution is -2.55. The Kier molecular flexibility index (Phi) is 9.10. The summed E-state index contributed by atoms with van der Waals surface area (Å²) in [6, 6.07) is -1.18. The van der Waals surface area contributed by atoms with Gasteiger partial charge >= 0.3 is 0 Å². The van der Waals surface area contributed by atoms with Crippen LogP contribution in [-0.4, -0.2) is 59.5 Å². The summed E-state index contributed by atoms with van der Waals surface area (Å²) in [5, 5.41) is 16.0. The molecule has 0 spiro atoms. The van der Waals surface area contributed by atoms with E-state index >= 15 is 0 Å². The third-order valence-electron chi connectivity index (χ3n) is 7.29. The predicted molar refractivity (Wildman–Crippen MR) is 121 cm³/mol. The van der Waals surface area contributed by atoms with Crippen LogP contribution in [0, 0.1) is 29.6 Å². The monoisotopic (exact) mass is 435 g/mol. The number of carbonyl (C=O) groups is 3. The number of rotatable bonds is 10. The number of nitrogens with one attached hydrogen (secondary N) is 2. The number of carbonyl (C=O) groups excluding carboxylic acids is 3. The molecule has 7 nitrogen and oxygen atoms in total. The smallest absolute Gasteiger partial charge is 0.243 e. The molecule has 3 amide bonds. The highest BCUT2D eigenvalue weighted by molar-refractivity contribution is 5.97. The molecule has 2 rings (SSSR count). The minimum absolute atomic E-state index is 0.00428. The van der Waals surface area contributed by atoms with Crippen molar-refractivity contribution in [1.82, 2.24) is 15.5 Å². The van der Waals surface area contributed by atoms with Crippen LogP contribution in [0.25, 0.3) is 0 Å². The second-order valence-corrected chi connectivity index (χ2v) is 9.22. The van der Waals surface area contributed by atoms with Crippen LogP contribution in [0.2, 0.25) is 0 Å². The molecule has 176 valence electrons. The largest absolute Gasteiger partial charge is 0.394 e. The van der Waals surface area contributed by atoms with E-state index < -0.39 is 23.9 Å². The van der Waals surface area contributed by atoms with Gasteiger partial charge in [0.15, 0.2) is 0 Å². The highest BCUT2D eigenvalue weighted by atomic mass is 16.3. The van der Waals surface area contributed by atoms with E-state index in [9.17, 15) is 19.5 Å². The molecule has 1 fully saturated rings. The summed E-state index contributed by atoms with van der Waals surface area (Å²) in [6.45, 7) is 9.84. The molecule has 1 heterocycles. The molecular weight excluding hydrogens is 394 g/mol. The second kappa shape index (κ2) is 11.1. The van der Waals surface area contributed by atoms with Crippen LogP contribution in [0.1, 0.15) is 60.3 Å². The summed E-state index contributed by atoms with van der Waals surface area (Å²) >= 11 is 0. The summed E-state index contributed by atoms with van der Waals surface area (Å²) in [7, 11) is 1.59. The van der Waals surface area contributed by atoms with Crippen LogP contribution < -0.4 is 10.6 Å². The second-order valence-electron chi connectivity index (χ2n) is 9.22. The lowest BCUT2D eigenvalue weighted by atomic mass is 9.69. The molecule has 3 N–H and O–H groups in total. The van der Waals surface area contributed by atoms with Crippen molar-refractivity contribution in [2.45, 2.75) is 78.4 Å². The maximum Gasteiger partial charge on any atom is 0.243 e. The van der Waals surface area contributed by atoms with Gasteiger partial charge in [0.25, 0.3) is 0 Å². The average molecular weight is 436 g/mol. The van der Waals surface area contributed by atoms with Crippen molar-refractivity contribution >= 4 is 17.7 Å². The van der Waals surface area contributed by atoms with Crippen LogP contribution in [0.5, 0.6) is 0 Å². The van der Waals surface area contributed by atoms with Gasteiger partial charge in [-0.3, -0.25) is 14.4 Å². The molecule has 1 saturated heterocycles. The van der Waals surface area contributed by atoms with Crippen molar-refractivity contribution in [3.63, 3.8) is 0 Å². The zero-order valence-corrected chi connectivity index (χ0v) is 19.9. The van der Waals surface area contributed by atoms with Gasteiger partial charge in [0, 0.05) is 19.0 Å².